The van der Waals surface area contributed by atoms with Gasteiger partial charge in [-0.2, -0.15) is 0 Å². The highest BCUT2D eigenvalue weighted by Crippen LogP contribution is 2.10. The zero-order chi connectivity index (χ0) is 12.6. The van der Waals surface area contributed by atoms with Gasteiger partial charge in [0.2, 0.25) is 5.91 Å². The van der Waals surface area contributed by atoms with Crippen LogP contribution in [0.1, 0.15) is 53.9 Å². The van der Waals surface area contributed by atoms with Crippen LogP contribution in [0.15, 0.2) is 12.2 Å². The lowest BCUT2D eigenvalue weighted by Crippen LogP contribution is -2.31. The SMILES string of the molecule is CC(C)/C=C\CCCC(=O)NCC(C)(C)C. The molecule has 0 unspecified atom stereocenters. The minimum atomic E-state index is 0.174. The van der Waals surface area contributed by atoms with Crippen LogP contribution in [0.4, 0.5) is 0 Å². The number of unbranched alkanes of at least 4 members (excludes halogenated alkanes) is 1. The first kappa shape index (κ1) is 15.2. The van der Waals surface area contributed by atoms with Gasteiger partial charge < -0.3 is 5.32 Å². The van der Waals surface area contributed by atoms with E-state index in [0.29, 0.717) is 12.3 Å². The van der Waals surface area contributed by atoms with Crippen LogP contribution in [0.3, 0.4) is 0 Å². The summed E-state index contributed by atoms with van der Waals surface area (Å²) in [6, 6.07) is 0. The molecule has 0 heterocycles. The van der Waals surface area contributed by atoms with E-state index in [9.17, 15) is 4.79 Å². The second-order valence-corrected chi connectivity index (χ2v) is 5.90. The van der Waals surface area contributed by atoms with Gasteiger partial charge in [-0.15, -0.1) is 0 Å². The van der Waals surface area contributed by atoms with Crippen LogP contribution in [-0.2, 0) is 4.79 Å². The lowest BCUT2D eigenvalue weighted by atomic mass is 9.97. The molecule has 0 aliphatic rings. The Morgan fingerprint density at radius 2 is 1.94 bits per heavy atom. The molecule has 2 nitrogen and oxygen atoms in total. The average Bonchev–Trinajstić information content (AvgIpc) is 2.12. The molecule has 2 heteroatoms. The lowest BCUT2D eigenvalue weighted by Gasteiger charge is -2.18. The summed E-state index contributed by atoms with van der Waals surface area (Å²) in [6.07, 6.45) is 6.94. The zero-order valence-corrected chi connectivity index (χ0v) is 11.5. The fourth-order valence-electron chi connectivity index (χ4n) is 1.20. The predicted molar refractivity (Wildman–Crippen MR) is 70.3 cm³/mol. The Morgan fingerprint density at radius 1 is 1.31 bits per heavy atom. The maximum absolute atomic E-state index is 11.5. The van der Waals surface area contributed by atoms with Crippen molar-refractivity contribution < 1.29 is 4.79 Å². The summed E-state index contributed by atoms with van der Waals surface area (Å²) in [6.45, 7) is 11.4. The summed E-state index contributed by atoms with van der Waals surface area (Å²) in [5.74, 6) is 0.780. The number of allylic oxidation sites excluding steroid dienone is 2. The quantitative estimate of drug-likeness (QED) is 0.544. The number of rotatable bonds is 6. The Kier molecular flexibility index (Phi) is 7.11. The number of hydrogen-bond acceptors (Lipinski definition) is 1. The van der Waals surface area contributed by atoms with Crippen molar-refractivity contribution in [3.63, 3.8) is 0 Å². The Bertz CT molecular complexity index is 223. The monoisotopic (exact) mass is 225 g/mol. The van der Waals surface area contributed by atoms with Crippen LogP contribution in [-0.4, -0.2) is 12.5 Å². The van der Waals surface area contributed by atoms with Gasteiger partial charge in [-0.1, -0.05) is 46.8 Å². The van der Waals surface area contributed by atoms with Crippen molar-refractivity contribution in [1.29, 1.82) is 0 Å². The van der Waals surface area contributed by atoms with Crippen LogP contribution in [0, 0.1) is 11.3 Å². The van der Waals surface area contributed by atoms with Crippen molar-refractivity contribution in [2.45, 2.75) is 53.9 Å². The van der Waals surface area contributed by atoms with Gasteiger partial charge in [-0.05, 0) is 24.2 Å². The van der Waals surface area contributed by atoms with Crippen molar-refractivity contribution in [3.05, 3.63) is 12.2 Å². The predicted octanol–water partition coefficient (Wildman–Crippen LogP) is 3.53. The summed E-state index contributed by atoms with van der Waals surface area (Å²) >= 11 is 0. The van der Waals surface area contributed by atoms with Crippen molar-refractivity contribution in [1.82, 2.24) is 5.32 Å². The molecule has 1 N–H and O–H groups in total. The van der Waals surface area contributed by atoms with E-state index in [1.807, 2.05) is 0 Å². The van der Waals surface area contributed by atoms with Crippen molar-refractivity contribution in [2.24, 2.45) is 11.3 Å². The van der Waals surface area contributed by atoms with Crippen LogP contribution >= 0.6 is 0 Å². The van der Waals surface area contributed by atoms with Crippen LogP contribution in [0.25, 0.3) is 0 Å². The number of hydrogen-bond donors (Lipinski definition) is 1. The number of nitrogens with one attached hydrogen (secondary N) is 1. The van der Waals surface area contributed by atoms with Gasteiger partial charge in [0, 0.05) is 13.0 Å². The van der Waals surface area contributed by atoms with E-state index >= 15 is 0 Å². The third kappa shape index (κ3) is 11.3. The van der Waals surface area contributed by atoms with Gasteiger partial charge in [-0.3, -0.25) is 4.79 Å². The minimum Gasteiger partial charge on any atom is -0.356 e. The van der Waals surface area contributed by atoms with Gasteiger partial charge >= 0.3 is 0 Å². The Morgan fingerprint density at radius 3 is 2.44 bits per heavy atom. The summed E-state index contributed by atoms with van der Waals surface area (Å²) in [4.78, 5) is 11.5. The van der Waals surface area contributed by atoms with E-state index in [4.69, 9.17) is 0 Å². The largest absolute Gasteiger partial charge is 0.356 e. The normalized spacial score (nSPS) is 12.4. The Hall–Kier alpha value is -0.790. The minimum absolute atomic E-state index is 0.174. The second-order valence-electron chi connectivity index (χ2n) is 5.90. The number of carbonyl (C=O) groups excluding carboxylic acids is 1. The molecule has 94 valence electrons. The fraction of sp³-hybridized carbons (Fsp3) is 0.786. The molecule has 0 bridgehead atoms. The highest BCUT2D eigenvalue weighted by Gasteiger charge is 2.11. The second kappa shape index (κ2) is 7.48. The summed E-state index contributed by atoms with van der Waals surface area (Å²) < 4.78 is 0. The highest BCUT2D eigenvalue weighted by molar-refractivity contribution is 5.75. The van der Waals surface area contributed by atoms with Gasteiger partial charge in [0.05, 0.1) is 0 Å². The fourth-order valence-corrected chi connectivity index (χ4v) is 1.20. The van der Waals surface area contributed by atoms with Gasteiger partial charge in [-0.25, -0.2) is 0 Å². The standard InChI is InChI=1S/C14H27NO/c1-12(2)9-7-6-8-10-13(16)15-11-14(3,4)5/h7,9,12H,6,8,10-11H2,1-5H3,(H,15,16)/b9-7-. The molecule has 0 aromatic carbocycles. The number of carbonyl (C=O) groups is 1. The summed E-state index contributed by atoms with van der Waals surface area (Å²) in [5.41, 5.74) is 0.174. The molecule has 0 spiro atoms. The molecule has 0 atom stereocenters. The van der Waals surface area contributed by atoms with Crippen LogP contribution in [0.2, 0.25) is 0 Å². The van der Waals surface area contributed by atoms with Crippen LogP contribution in [0.5, 0.6) is 0 Å². The first-order valence-corrected chi connectivity index (χ1v) is 6.24. The molecule has 0 aromatic rings. The third-order valence-corrected chi connectivity index (χ3v) is 2.11. The van der Waals surface area contributed by atoms with Crippen molar-refractivity contribution >= 4 is 5.91 Å². The van der Waals surface area contributed by atoms with Gasteiger partial charge in [0.25, 0.3) is 0 Å². The smallest absolute Gasteiger partial charge is 0.220 e. The Labute approximate surface area is 101 Å². The first-order valence-electron chi connectivity index (χ1n) is 6.24. The molecule has 0 saturated heterocycles. The number of amides is 1. The van der Waals surface area contributed by atoms with Crippen molar-refractivity contribution in [2.75, 3.05) is 6.54 Å². The summed E-state index contributed by atoms with van der Waals surface area (Å²) in [5, 5.41) is 2.96. The average molecular weight is 225 g/mol. The van der Waals surface area contributed by atoms with Gasteiger partial charge in [0.1, 0.15) is 0 Å². The molecule has 0 aromatic heterocycles. The molecular formula is C14H27NO. The summed E-state index contributed by atoms with van der Waals surface area (Å²) in [7, 11) is 0. The molecule has 0 aliphatic carbocycles. The van der Waals surface area contributed by atoms with E-state index in [1.54, 1.807) is 0 Å². The van der Waals surface area contributed by atoms with Crippen LogP contribution < -0.4 is 5.32 Å². The Balaban J connectivity index is 3.52. The lowest BCUT2D eigenvalue weighted by molar-refractivity contribution is -0.121. The maximum Gasteiger partial charge on any atom is 0.220 e. The molecule has 0 saturated carbocycles. The van der Waals surface area contributed by atoms with E-state index in [0.717, 1.165) is 19.4 Å². The van der Waals surface area contributed by atoms with E-state index in [1.165, 1.54) is 0 Å². The zero-order valence-electron chi connectivity index (χ0n) is 11.5. The highest BCUT2D eigenvalue weighted by atomic mass is 16.1. The topological polar surface area (TPSA) is 29.1 Å². The maximum atomic E-state index is 11.5. The molecular weight excluding hydrogens is 198 g/mol. The molecule has 0 radical (unpaired) electrons. The van der Waals surface area contributed by atoms with E-state index < -0.39 is 0 Å². The van der Waals surface area contributed by atoms with Gasteiger partial charge in [0.15, 0.2) is 0 Å². The van der Waals surface area contributed by atoms with Crippen molar-refractivity contribution in [3.8, 4) is 0 Å². The molecule has 16 heavy (non-hydrogen) atoms. The third-order valence-electron chi connectivity index (χ3n) is 2.11. The molecule has 0 rings (SSSR count). The van der Waals surface area contributed by atoms with E-state index in [2.05, 4.69) is 52.1 Å². The first-order chi connectivity index (χ1) is 7.31. The molecule has 0 fully saturated rings. The molecule has 1 amide bonds. The van der Waals surface area contributed by atoms with E-state index in [-0.39, 0.29) is 11.3 Å². The molecule has 0 aliphatic heterocycles.